The van der Waals surface area contributed by atoms with Crippen molar-refractivity contribution in [2.24, 2.45) is 5.73 Å². The molecule has 1 aliphatic heterocycles. The predicted molar refractivity (Wildman–Crippen MR) is 71.5 cm³/mol. The van der Waals surface area contributed by atoms with E-state index in [-0.39, 0.29) is 12.6 Å². The molecular weight excluding hydrogens is 284 g/mol. The highest BCUT2D eigenvalue weighted by atomic mass is 32.2. The summed E-state index contributed by atoms with van der Waals surface area (Å²) < 4.78 is 26.4. The van der Waals surface area contributed by atoms with Gasteiger partial charge in [-0.2, -0.15) is 4.31 Å². The normalized spacial score (nSPS) is 20.8. The number of pyridine rings is 1. The van der Waals surface area contributed by atoms with Gasteiger partial charge in [-0.05, 0) is 18.9 Å². The van der Waals surface area contributed by atoms with E-state index in [4.69, 9.17) is 5.73 Å². The highest BCUT2D eigenvalue weighted by Crippen LogP contribution is 2.28. The molecule has 1 unspecified atom stereocenters. The third kappa shape index (κ3) is 2.65. The van der Waals surface area contributed by atoms with Crippen molar-refractivity contribution in [3.05, 3.63) is 28.4 Å². The zero-order valence-corrected chi connectivity index (χ0v) is 11.6. The first kappa shape index (κ1) is 14.8. The van der Waals surface area contributed by atoms with Crippen LogP contribution in [-0.4, -0.2) is 41.8 Å². The van der Waals surface area contributed by atoms with Gasteiger partial charge in [0.25, 0.3) is 10.0 Å². The Morgan fingerprint density at radius 3 is 2.90 bits per heavy atom. The van der Waals surface area contributed by atoms with Gasteiger partial charge in [0.1, 0.15) is 0 Å². The summed E-state index contributed by atoms with van der Waals surface area (Å²) in [6.45, 7) is 0.512. The van der Waals surface area contributed by atoms with Gasteiger partial charge >= 0.3 is 5.69 Å². The van der Waals surface area contributed by atoms with Gasteiger partial charge in [-0.25, -0.2) is 13.4 Å². The molecule has 8 nitrogen and oxygen atoms in total. The molecule has 0 bridgehead atoms. The van der Waals surface area contributed by atoms with Crippen molar-refractivity contribution in [2.75, 3.05) is 13.1 Å². The number of rotatable bonds is 4. The maximum atomic E-state index is 12.6. The quantitative estimate of drug-likeness (QED) is 0.638. The highest BCUT2D eigenvalue weighted by molar-refractivity contribution is 7.89. The minimum atomic E-state index is -4.00. The van der Waals surface area contributed by atoms with Crippen molar-refractivity contribution in [1.29, 1.82) is 0 Å². The number of hydrogen-bond donors (Lipinski definition) is 1. The van der Waals surface area contributed by atoms with Crippen LogP contribution in [0.25, 0.3) is 0 Å². The van der Waals surface area contributed by atoms with Crippen LogP contribution in [0.4, 0.5) is 5.69 Å². The summed E-state index contributed by atoms with van der Waals surface area (Å²) in [6, 6.07) is 2.16. The molecular formula is C11H16N4O4S. The molecule has 0 spiro atoms. The van der Waals surface area contributed by atoms with Crippen molar-refractivity contribution < 1.29 is 13.3 Å². The van der Waals surface area contributed by atoms with Crippen LogP contribution in [0.2, 0.25) is 0 Å². The van der Waals surface area contributed by atoms with Crippen LogP contribution in [0.5, 0.6) is 0 Å². The third-order valence-electron chi connectivity index (χ3n) is 3.35. The van der Waals surface area contributed by atoms with Crippen molar-refractivity contribution in [1.82, 2.24) is 9.29 Å². The van der Waals surface area contributed by atoms with E-state index in [1.807, 2.05) is 0 Å². The lowest BCUT2D eigenvalue weighted by Gasteiger charge is -2.33. The lowest BCUT2D eigenvalue weighted by Crippen LogP contribution is -2.47. The average Bonchev–Trinajstić information content (AvgIpc) is 2.47. The first-order valence-corrected chi connectivity index (χ1v) is 7.74. The van der Waals surface area contributed by atoms with E-state index in [1.165, 1.54) is 16.6 Å². The average molecular weight is 300 g/mol. The number of sulfonamides is 1. The first-order chi connectivity index (χ1) is 9.48. The lowest BCUT2D eigenvalue weighted by molar-refractivity contribution is -0.388. The van der Waals surface area contributed by atoms with Crippen LogP contribution in [0.15, 0.2) is 23.4 Å². The van der Waals surface area contributed by atoms with Crippen LogP contribution in [0.3, 0.4) is 0 Å². The van der Waals surface area contributed by atoms with Gasteiger partial charge in [0, 0.05) is 31.4 Å². The van der Waals surface area contributed by atoms with Crippen LogP contribution in [0, 0.1) is 10.1 Å². The molecule has 1 aromatic rings. The molecule has 0 radical (unpaired) electrons. The Hall–Kier alpha value is -1.58. The van der Waals surface area contributed by atoms with Crippen LogP contribution >= 0.6 is 0 Å². The Labute approximate surface area is 116 Å². The van der Waals surface area contributed by atoms with Gasteiger partial charge in [-0.3, -0.25) is 10.1 Å². The lowest BCUT2D eigenvalue weighted by atomic mass is 10.1. The minimum Gasteiger partial charge on any atom is -0.329 e. The molecule has 1 atom stereocenters. The monoisotopic (exact) mass is 300 g/mol. The summed E-state index contributed by atoms with van der Waals surface area (Å²) in [5, 5.41) is 10.5. The minimum absolute atomic E-state index is 0.194. The largest absolute Gasteiger partial charge is 0.329 e. The smallest absolute Gasteiger partial charge is 0.308 e. The van der Waals surface area contributed by atoms with E-state index in [0.29, 0.717) is 13.0 Å². The molecule has 0 amide bonds. The molecule has 0 saturated carbocycles. The van der Waals surface area contributed by atoms with Crippen molar-refractivity contribution in [2.45, 2.75) is 30.3 Å². The number of nitro groups is 1. The van der Waals surface area contributed by atoms with Crippen LogP contribution < -0.4 is 5.73 Å². The Morgan fingerprint density at radius 2 is 2.25 bits per heavy atom. The van der Waals surface area contributed by atoms with Gasteiger partial charge in [0.05, 0.1) is 4.92 Å². The highest BCUT2D eigenvalue weighted by Gasteiger charge is 2.37. The molecule has 1 aromatic heterocycles. The standard InChI is InChI=1S/C11H16N4O4S/c12-8-9-4-1-2-7-14(9)20(18,19)11-10(15(16)17)5-3-6-13-11/h3,5-6,9H,1-2,4,7-8,12H2. The Bertz CT molecular complexity index is 604. The molecule has 0 aromatic carbocycles. The van der Waals surface area contributed by atoms with Gasteiger partial charge in [0.2, 0.25) is 5.03 Å². The first-order valence-electron chi connectivity index (χ1n) is 6.30. The second-order valence-corrected chi connectivity index (χ2v) is 6.39. The van der Waals surface area contributed by atoms with E-state index in [1.54, 1.807) is 0 Å². The van der Waals surface area contributed by atoms with Crippen molar-refractivity contribution >= 4 is 15.7 Å². The van der Waals surface area contributed by atoms with Crippen molar-refractivity contribution in [3.8, 4) is 0 Å². The second-order valence-electron chi connectivity index (χ2n) is 4.59. The van der Waals surface area contributed by atoms with Gasteiger partial charge in [-0.1, -0.05) is 6.42 Å². The van der Waals surface area contributed by atoms with E-state index in [9.17, 15) is 18.5 Å². The molecule has 0 aliphatic carbocycles. The molecule has 1 saturated heterocycles. The molecule has 1 aliphatic rings. The summed E-state index contributed by atoms with van der Waals surface area (Å²) in [5.41, 5.74) is 5.10. The fourth-order valence-corrected chi connectivity index (χ4v) is 4.13. The van der Waals surface area contributed by atoms with Crippen LogP contribution in [-0.2, 0) is 10.0 Å². The van der Waals surface area contributed by atoms with E-state index in [2.05, 4.69) is 4.98 Å². The number of nitrogens with two attached hydrogens (primary N) is 1. The Balaban J connectivity index is 2.47. The van der Waals surface area contributed by atoms with Gasteiger partial charge in [-0.15, -0.1) is 0 Å². The summed E-state index contributed by atoms with van der Waals surface area (Å²) in [4.78, 5) is 13.9. The van der Waals surface area contributed by atoms with Gasteiger partial charge < -0.3 is 5.73 Å². The summed E-state index contributed by atoms with van der Waals surface area (Å²) in [7, 11) is -4.00. The summed E-state index contributed by atoms with van der Waals surface area (Å²) in [6.07, 6.45) is 3.52. The number of hydrogen-bond acceptors (Lipinski definition) is 6. The molecule has 2 N–H and O–H groups in total. The van der Waals surface area contributed by atoms with E-state index < -0.39 is 25.7 Å². The maximum absolute atomic E-state index is 12.6. The zero-order chi connectivity index (χ0) is 14.8. The fourth-order valence-electron chi connectivity index (χ4n) is 2.36. The Morgan fingerprint density at radius 1 is 1.50 bits per heavy atom. The molecule has 9 heteroatoms. The molecule has 2 rings (SSSR count). The molecule has 20 heavy (non-hydrogen) atoms. The molecule has 1 fully saturated rings. The fraction of sp³-hybridized carbons (Fsp3) is 0.545. The SMILES string of the molecule is NCC1CCCCN1S(=O)(=O)c1ncccc1[N+](=O)[O-]. The molecule has 110 valence electrons. The molecule has 2 heterocycles. The number of piperidine rings is 1. The third-order valence-corrected chi connectivity index (χ3v) is 5.25. The van der Waals surface area contributed by atoms with Crippen molar-refractivity contribution in [3.63, 3.8) is 0 Å². The summed E-state index contributed by atoms with van der Waals surface area (Å²) >= 11 is 0. The maximum Gasteiger partial charge on any atom is 0.308 e. The predicted octanol–water partition coefficient (Wildman–Crippen LogP) is 0.492. The van der Waals surface area contributed by atoms with E-state index in [0.717, 1.165) is 18.9 Å². The topological polar surface area (TPSA) is 119 Å². The van der Waals surface area contributed by atoms with Gasteiger partial charge in [0.15, 0.2) is 0 Å². The zero-order valence-electron chi connectivity index (χ0n) is 10.8. The number of aromatic nitrogens is 1. The Kier molecular flexibility index (Phi) is 4.31. The summed E-state index contributed by atoms with van der Waals surface area (Å²) in [5.74, 6) is 0. The number of nitrogens with zero attached hydrogens (tertiary/aromatic N) is 3. The van der Waals surface area contributed by atoms with Crippen LogP contribution in [0.1, 0.15) is 19.3 Å². The second kappa shape index (κ2) is 5.81. The van der Waals surface area contributed by atoms with E-state index >= 15 is 0 Å².